The average molecular weight is 276 g/mol. The summed E-state index contributed by atoms with van der Waals surface area (Å²) in [5, 5.41) is 29.5. The predicted molar refractivity (Wildman–Crippen MR) is 62.7 cm³/mol. The number of rotatable bonds is 4. The van der Waals surface area contributed by atoms with E-state index < -0.39 is 28.7 Å². The van der Waals surface area contributed by atoms with Gasteiger partial charge in [-0.2, -0.15) is 0 Å². The molecule has 1 aromatic rings. The van der Waals surface area contributed by atoms with Crippen molar-refractivity contribution in [3.05, 3.63) is 32.8 Å². The van der Waals surface area contributed by atoms with Crippen molar-refractivity contribution >= 4 is 28.9 Å². The van der Waals surface area contributed by atoms with Crippen LogP contribution in [0.25, 0.3) is 0 Å². The van der Waals surface area contributed by atoms with E-state index in [1.54, 1.807) is 0 Å². The monoisotopic (exact) mass is 275 g/mol. The fourth-order valence-electron chi connectivity index (χ4n) is 1.30. The van der Waals surface area contributed by atoms with Crippen LogP contribution in [0.3, 0.4) is 0 Å². The third kappa shape index (κ3) is 2.67. The van der Waals surface area contributed by atoms with Gasteiger partial charge in [0.25, 0.3) is 5.69 Å². The lowest BCUT2D eigenvalue weighted by molar-refractivity contribution is -0.384. The van der Waals surface area contributed by atoms with Crippen molar-refractivity contribution in [3.63, 3.8) is 0 Å². The molecule has 0 spiro atoms. The topological polar surface area (TPSA) is 153 Å². The number of benzene rings is 1. The molecule has 0 saturated heterocycles. The van der Waals surface area contributed by atoms with Crippen LogP contribution >= 0.6 is 11.6 Å². The number of nitro benzene ring substituents is 1. The molecule has 6 N–H and O–H groups in total. The summed E-state index contributed by atoms with van der Waals surface area (Å²) in [6, 6.07) is 1.93. The first-order valence-electron chi connectivity index (χ1n) is 4.64. The Morgan fingerprint density at radius 3 is 2.44 bits per heavy atom. The summed E-state index contributed by atoms with van der Waals surface area (Å²) in [5.74, 6) is -1.18. The van der Waals surface area contributed by atoms with Crippen LogP contribution in [0, 0.1) is 10.1 Å². The standard InChI is InChI=1S/C9H10ClN3O5/c10-4-2-5(11)6(13(17)18)1-3(4)7(14)8(15)9(12)16/h1-2,7-8,14-15H,11H2,(H2,12,16). The van der Waals surface area contributed by atoms with Crippen molar-refractivity contribution in [2.75, 3.05) is 5.73 Å². The van der Waals surface area contributed by atoms with E-state index in [9.17, 15) is 25.1 Å². The Morgan fingerprint density at radius 1 is 1.44 bits per heavy atom. The molecule has 8 nitrogen and oxygen atoms in total. The summed E-state index contributed by atoms with van der Waals surface area (Å²) < 4.78 is 0. The summed E-state index contributed by atoms with van der Waals surface area (Å²) in [6.07, 6.45) is -3.69. The lowest BCUT2D eigenvalue weighted by Gasteiger charge is -2.16. The maximum absolute atomic E-state index is 10.7. The highest BCUT2D eigenvalue weighted by molar-refractivity contribution is 6.31. The molecule has 18 heavy (non-hydrogen) atoms. The van der Waals surface area contributed by atoms with Gasteiger partial charge in [0.2, 0.25) is 5.91 Å². The van der Waals surface area contributed by atoms with E-state index in [-0.39, 0.29) is 16.3 Å². The number of halogens is 1. The summed E-state index contributed by atoms with van der Waals surface area (Å²) in [4.78, 5) is 20.6. The van der Waals surface area contributed by atoms with E-state index in [1.165, 1.54) is 0 Å². The number of nitrogens with zero attached hydrogens (tertiary/aromatic N) is 1. The zero-order valence-corrected chi connectivity index (χ0v) is 9.66. The van der Waals surface area contributed by atoms with Crippen molar-refractivity contribution in [3.8, 4) is 0 Å². The molecule has 0 radical (unpaired) electrons. The minimum absolute atomic E-state index is 0.120. The van der Waals surface area contributed by atoms with Crippen molar-refractivity contribution in [2.24, 2.45) is 5.73 Å². The lowest BCUT2D eigenvalue weighted by Crippen LogP contribution is -2.34. The normalized spacial score (nSPS) is 13.9. The first kappa shape index (κ1) is 14.2. The average Bonchev–Trinajstić information content (AvgIpc) is 2.26. The fraction of sp³-hybridized carbons (Fsp3) is 0.222. The SMILES string of the molecule is NC(=O)C(O)C(O)c1cc([N+](=O)[O-])c(N)cc1Cl. The number of nitrogens with two attached hydrogens (primary N) is 2. The van der Waals surface area contributed by atoms with Crippen molar-refractivity contribution in [1.29, 1.82) is 0 Å². The number of hydrogen-bond donors (Lipinski definition) is 4. The maximum atomic E-state index is 10.7. The van der Waals surface area contributed by atoms with Gasteiger partial charge in [-0.1, -0.05) is 11.6 Å². The van der Waals surface area contributed by atoms with Gasteiger partial charge in [-0.3, -0.25) is 14.9 Å². The number of primary amides is 1. The third-order valence-corrected chi connectivity index (χ3v) is 2.58. The lowest BCUT2D eigenvalue weighted by atomic mass is 10.0. The smallest absolute Gasteiger partial charge is 0.292 e. The molecule has 0 aliphatic carbocycles. The van der Waals surface area contributed by atoms with Gasteiger partial charge in [-0.05, 0) is 6.07 Å². The van der Waals surface area contributed by atoms with E-state index in [4.69, 9.17) is 23.1 Å². The minimum atomic E-state index is -1.93. The number of nitrogen functional groups attached to an aromatic ring is 1. The Morgan fingerprint density at radius 2 is 2.00 bits per heavy atom. The second kappa shape index (κ2) is 5.17. The number of hydrogen-bond acceptors (Lipinski definition) is 6. The van der Waals surface area contributed by atoms with Crippen molar-refractivity contribution < 1.29 is 19.9 Å². The second-order valence-corrected chi connectivity index (χ2v) is 3.89. The van der Waals surface area contributed by atoms with Crippen molar-refractivity contribution in [2.45, 2.75) is 12.2 Å². The molecule has 1 aromatic carbocycles. The van der Waals surface area contributed by atoms with E-state index in [2.05, 4.69) is 0 Å². The molecule has 0 saturated carbocycles. The van der Waals surface area contributed by atoms with Crippen LogP contribution in [0.5, 0.6) is 0 Å². The fourth-order valence-corrected chi connectivity index (χ4v) is 1.59. The quantitative estimate of drug-likeness (QED) is 0.336. The Kier molecular flexibility index (Phi) is 4.07. The number of aliphatic hydroxyl groups is 2. The summed E-state index contributed by atoms with van der Waals surface area (Å²) in [7, 11) is 0. The minimum Gasteiger partial charge on any atom is -0.393 e. The first-order chi connectivity index (χ1) is 8.25. The molecular formula is C9H10ClN3O5. The summed E-state index contributed by atoms with van der Waals surface area (Å²) in [5.41, 5.74) is 9.27. The number of anilines is 1. The largest absolute Gasteiger partial charge is 0.393 e. The Bertz CT molecular complexity index is 507. The van der Waals surface area contributed by atoms with E-state index in [1.807, 2.05) is 0 Å². The summed E-state index contributed by atoms with van der Waals surface area (Å²) in [6.45, 7) is 0. The van der Waals surface area contributed by atoms with Crippen LogP contribution in [-0.4, -0.2) is 27.1 Å². The van der Waals surface area contributed by atoms with Gasteiger partial charge >= 0.3 is 0 Å². The van der Waals surface area contributed by atoms with Gasteiger partial charge in [0.15, 0.2) is 6.10 Å². The predicted octanol–water partition coefficient (Wildman–Crippen LogP) is -0.290. The highest BCUT2D eigenvalue weighted by Crippen LogP contribution is 2.33. The van der Waals surface area contributed by atoms with E-state index in [0.29, 0.717) is 0 Å². The van der Waals surface area contributed by atoms with Gasteiger partial charge in [0.1, 0.15) is 11.8 Å². The number of nitro groups is 1. The molecule has 9 heteroatoms. The molecule has 0 aromatic heterocycles. The first-order valence-corrected chi connectivity index (χ1v) is 5.02. The van der Waals surface area contributed by atoms with Crippen LogP contribution in [0.15, 0.2) is 12.1 Å². The molecule has 0 aliphatic rings. The molecular weight excluding hydrogens is 266 g/mol. The maximum Gasteiger partial charge on any atom is 0.292 e. The van der Waals surface area contributed by atoms with Crippen LogP contribution in [0.1, 0.15) is 11.7 Å². The molecule has 0 bridgehead atoms. The number of carbonyl (C=O) groups excluding carboxylic acids is 1. The van der Waals surface area contributed by atoms with E-state index in [0.717, 1.165) is 12.1 Å². The van der Waals surface area contributed by atoms with Gasteiger partial charge in [-0.25, -0.2) is 0 Å². The third-order valence-electron chi connectivity index (χ3n) is 2.25. The van der Waals surface area contributed by atoms with Crippen LogP contribution in [-0.2, 0) is 4.79 Å². The Hall–Kier alpha value is -1.90. The highest BCUT2D eigenvalue weighted by atomic mass is 35.5. The Labute approximate surface area is 106 Å². The van der Waals surface area contributed by atoms with Gasteiger partial charge in [0, 0.05) is 16.7 Å². The molecule has 1 rings (SSSR count). The second-order valence-electron chi connectivity index (χ2n) is 3.48. The molecule has 0 fully saturated rings. The molecule has 0 aliphatic heterocycles. The van der Waals surface area contributed by atoms with Gasteiger partial charge in [0.05, 0.1) is 4.92 Å². The van der Waals surface area contributed by atoms with Crippen molar-refractivity contribution in [1.82, 2.24) is 0 Å². The molecule has 0 heterocycles. The molecule has 98 valence electrons. The van der Waals surface area contributed by atoms with Crippen LogP contribution in [0.4, 0.5) is 11.4 Å². The highest BCUT2D eigenvalue weighted by Gasteiger charge is 2.28. The zero-order chi connectivity index (χ0) is 14.0. The molecule has 2 atom stereocenters. The van der Waals surface area contributed by atoms with Gasteiger partial charge < -0.3 is 21.7 Å². The zero-order valence-electron chi connectivity index (χ0n) is 8.91. The number of amides is 1. The Balaban J connectivity index is 3.28. The van der Waals surface area contributed by atoms with Crippen LogP contribution in [0.2, 0.25) is 5.02 Å². The molecule has 1 amide bonds. The van der Waals surface area contributed by atoms with E-state index >= 15 is 0 Å². The number of aliphatic hydroxyl groups excluding tert-OH is 2. The van der Waals surface area contributed by atoms with Gasteiger partial charge in [-0.15, -0.1) is 0 Å². The summed E-state index contributed by atoms with van der Waals surface area (Å²) >= 11 is 5.72. The van der Waals surface area contributed by atoms with Crippen LogP contribution < -0.4 is 11.5 Å². The molecule has 2 unspecified atom stereocenters. The number of carbonyl (C=O) groups is 1.